The third-order valence-corrected chi connectivity index (χ3v) is 5.88. The zero-order chi connectivity index (χ0) is 18.6. The first kappa shape index (κ1) is 18.8. The van der Waals surface area contributed by atoms with Crippen molar-refractivity contribution in [1.82, 2.24) is 10.2 Å². The molecule has 10 heteroatoms. The predicted molar refractivity (Wildman–Crippen MR) is 93.9 cm³/mol. The Labute approximate surface area is 155 Å². The van der Waals surface area contributed by atoms with Gasteiger partial charge in [0.2, 0.25) is 9.84 Å². The largest absolute Gasteiger partial charge is 0.376 e. The SMILES string of the molecule is O=C(COC[C@H]1CCCO1)Nc1[nH]ncc1S(=O)(=O)c1ccc(Cl)cc1. The average molecular weight is 400 g/mol. The van der Waals surface area contributed by atoms with Crippen LogP contribution in [0.25, 0.3) is 0 Å². The number of nitrogens with zero attached hydrogens (tertiary/aromatic N) is 1. The summed E-state index contributed by atoms with van der Waals surface area (Å²) in [5, 5.41) is 9.11. The fraction of sp³-hybridized carbons (Fsp3) is 0.375. The van der Waals surface area contributed by atoms with E-state index in [1.165, 1.54) is 24.3 Å². The molecule has 1 aromatic carbocycles. The zero-order valence-corrected chi connectivity index (χ0v) is 15.3. The van der Waals surface area contributed by atoms with Crippen molar-refractivity contribution in [2.24, 2.45) is 0 Å². The monoisotopic (exact) mass is 399 g/mol. The summed E-state index contributed by atoms with van der Waals surface area (Å²) in [6.07, 6.45) is 3.05. The summed E-state index contributed by atoms with van der Waals surface area (Å²) in [5.74, 6) is -0.495. The molecular formula is C16H18ClN3O5S. The van der Waals surface area contributed by atoms with E-state index in [2.05, 4.69) is 15.5 Å². The molecule has 1 aromatic heterocycles. The molecule has 2 aromatic rings. The molecule has 26 heavy (non-hydrogen) atoms. The van der Waals surface area contributed by atoms with Gasteiger partial charge < -0.3 is 14.8 Å². The number of hydrogen-bond acceptors (Lipinski definition) is 6. The van der Waals surface area contributed by atoms with E-state index in [0.29, 0.717) is 18.2 Å². The lowest BCUT2D eigenvalue weighted by Gasteiger charge is -2.10. The van der Waals surface area contributed by atoms with Crippen LogP contribution in [-0.2, 0) is 24.1 Å². The summed E-state index contributed by atoms with van der Waals surface area (Å²) in [7, 11) is -3.85. The highest BCUT2D eigenvalue weighted by molar-refractivity contribution is 7.91. The number of carbonyl (C=O) groups is 1. The molecule has 2 heterocycles. The van der Waals surface area contributed by atoms with E-state index in [9.17, 15) is 13.2 Å². The Kier molecular flexibility index (Phi) is 5.92. The van der Waals surface area contributed by atoms with Crippen LogP contribution in [0, 0.1) is 0 Å². The van der Waals surface area contributed by atoms with Crippen molar-refractivity contribution in [2.75, 3.05) is 25.1 Å². The van der Waals surface area contributed by atoms with Crippen LogP contribution >= 0.6 is 11.6 Å². The predicted octanol–water partition coefficient (Wildman–Crippen LogP) is 2.03. The summed E-state index contributed by atoms with van der Waals surface area (Å²) in [5.41, 5.74) is 0. The molecule has 8 nitrogen and oxygen atoms in total. The molecule has 2 N–H and O–H groups in total. The fourth-order valence-electron chi connectivity index (χ4n) is 2.54. The van der Waals surface area contributed by atoms with Gasteiger partial charge in [-0.2, -0.15) is 5.10 Å². The second-order valence-electron chi connectivity index (χ2n) is 5.76. The maximum absolute atomic E-state index is 12.7. The number of carbonyl (C=O) groups excluding carboxylic acids is 1. The quantitative estimate of drug-likeness (QED) is 0.737. The molecule has 1 fully saturated rings. The first-order valence-corrected chi connectivity index (χ1v) is 9.86. The van der Waals surface area contributed by atoms with Gasteiger partial charge in [0.1, 0.15) is 17.3 Å². The van der Waals surface area contributed by atoms with Crippen LogP contribution in [0.1, 0.15) is 12.8 Å². The number of aromatic amines is 1. The van der Waals surface area contributed by atoms with Crippen molar-refractivity contribution >= 4 is 33.2 Å². The maximum atomic E-state index is 12.7. The van der Waals surface area contributed by atoms with Gasteiger partial charge in [0, 0.05) is 11.6 Å². The molecule has 1 aliphatic heterocycles. The van der Waals surface area contributed by atoms with Crippen molar-refractivity contribution in [1.29, 1.82) is 0 Å². The minimum absolute atomic E-state index is 0.00864. The summed E-state index contributed by atoms with van der Waals surface area (Å²) >= 11 is 5.79. The second-order valence-corrected chi connectivity index (χ2v) is 8.12. The second kappa shape index (κ2) is 8.17. The number of halogens is 1. The van der Waals surface area contributed by atoms with Crippen LogP contribution in [0.5, 0.6) is 0 Å². The van der Waals surface area contributed by atoms with Crippen molar-refractivity contribution in [3.05, 3.63) is 35.5 Å². The fourth-order valence-corrected chi connectivity index (χ4v) is 3.97. The highest BCUT2D eigenvalue weighted by Gasteiger charge is 2.24. The summed E-state index contributed by atoms with van der Waals surface area (Å²) in [6.45, 7) is 0.825. The number of anilines is 1. The van der Waals surface area contributed by atoms with Crippen LogP contribution in [-0.4, -0.2) is 50.4 Å². The summed E-state index contributed by atoms with van der Waals surface area (Å²) in [6, 6.07) is 5.74. The smallest absolute Gasteiger partial charge is 0.251 e. The molecule has 0 saturated carbocycles. The minimum Gasteiger partial charge on any atom is -0.376 e. The molecule has 140 valence electrons. The average Bonchev–Trinajstić information content (AvgIpc) is 3.27. The number of sulfone groups is 1. The van der Waals surface area contributed by atoms with Crippen LogP contribution in [0.15, 0.2) is 40.3 Å². The molecule has 1 saturated heterocycles. The van der Waals surface area contributed by atoms with E-state index in [1.54, 1.807) is 0 Å². The number of aromatic nitrogens is 2. The lowest BCUT2D eigenvalue weighted by atomic mass is 10.2. The molecule has 0 radical (unpaired) electrons. The molecule has 1 amide bonds. The number of amides is 1. The van der Waals surface area contributed by atoms with Gasteiger partial charge in [0.15, 0.2) is 0 Å². The van der Waals surface area contributed by atoms with E-state index >= 15 is 0 Å². The van der Waals surface area contributed by atoms with E-state index in [4.69, 9.17) is 21.1 Å². The third-order valence-electron chi connectivity index (χ3n) is 3.84. The van der Waals surface area contributed by atoms with Gasteiger partial charge in [0.05, 0.1) is 23.8 Å². The topological polar surface area (TPSA) is 110 Å². The molecule has 1 atom stereocenters. The number of ether oxygens (including phenoxy) is 2. The Bertz CT molecular complexity index is 860. The number of nitrogens with one attached hydrogen (secondary N) is 2. The van der Waals surface area contributed by atoms with Gasteiger partial charge >= 0.3 is 0 Å². The van der Waals surface area contributed by atoms with E-state index < -0.39 is 15.7 Å². The molecule has 0 unspecified atom stereocenters. The molecular weight excluding hydrogens is 382 g/mol. The first-order chi connectivity index (χ1) is 12.5. The number of rotatable bonds is 7. The van der Waals surface area contributed by atoms with Gasteiger partial charge in [-0.25, -0.2) is 8.42 Å². The molecule has 3 rings (SSSR count). The molecule has 1 aliphatic rings. The first-order valence-electron chi connectivity index (χ1n) is 8.00. The third kappa shape index (κ3) is 4.42. The highest BCUT2D eigenvalue weighted by atomic mass is 35.5. The number of benzene rings is 1. The minimum atomic E-state index is -3.85. The van der Waals surface area contributed by atoms with Crippen molar-refractivity contribution in [3.63, 3.8) is 0 Å². The maximum Gasteiger partial charge on any atom is 0.251 e. The summed E-state index contributed by atoms with van der Waals surface area (Å²) in [4.78, 5) is 11.9. The van der Waals surface area contributed by atoms with E-state index in [-0.39, 0.29) is 28.3 Å². The van der Waals surface area contributed by atoms with E-state index in [1.807, 2.05) is 0 Å². The van der Waals surface area contributed by atoms with Gasteiger partial charge in [0.25, 0.3) is 5.91 Å². The van der Waals surface area contributed by atoms with Gasteiger partial charge in [-0.1, -0.05) is 11.6 Å². The summed E-state index contributed by atoms with van der Waals surface area (Å²) < 4.78 is 36.1. The standard InChI is InChI=1S/C16H18ClN3O5S/c17-11-3-5-13(6-4-11)26(22,23)14-8-18-20-16(14)19-15(21)10-24-9-12-2-1-7-25-12/h3-6,8,12H,1-2,7,9-10H2,(H2,18,19,20,21)/t12-/m1/s1. The Morgan fingerprint density at radius 1 is 1.38 bits per heavy atom. The van der Waals surface area contributed by atoms with E-state index in [0.717, 1.165) is 19.0 Å². The lowest BCUT2D eigenvalue weighted by Crippen LogP contribution is -2.23. The van der Waals surface area contributed by atoms with Crippen LogP contribution in [0.2, 0.25) is 5.02 Å². The van der Waals surface area contributed by atoms with Crippen molar-refractivity contribution in [3.8, 4) is 0 Å². The van der Waals surface area contributed by atoms with Crippen molar-refractivity contribution in [2.45, 2.75) is 28.7 Å². The Morgan fingerprint density at radius 3 is 2.85 bits per heavy atom. The normalized spacial score (nSPS) is 17.3. The highest BCUT2D eigenvalue weighted by Crippen LogP contribution is 2.26. The molecule has 0 bridgehead atoms. The Morgan fingerprint density at radius 2 is 2.15 bits per heavy atom. The Balaban J connectivity index is 1.64. The lowest BCUT2D eigenvalue weighted by molar-refractivity contribution is -0.121. The Hall–Kier alpha value is -1.94. The van der Waals surface area contributed by atoms with Gasteiger partial charge in [-0.15, -0.1) is 0 Å². The van der Waals surface area contributed by atoms with Gasteiger partial charge in [-0.3, -0.25) is 9.89 Å². The van der Waals surface area contributed by atoms with Crippen LogP contribution in [0.3, 0.4) is 0 Å². The molecule has 0 spiro atoms. The number of hydrogen-bond donors (Lipinski definition) is 2. The number of H-pyrrole nitrogens is 1. The van der Waals surface area contributed by atoms with Crippen molar-refractivity contribution < 1.29 is 22.7 Å². The van der Waals surface area contributed by atoms with Crippen LogP contribution < -0.4 is 5.32 Å². The van der Waals surface area contributed by atoms with Crippen LogP contribution in [0.4, 0.5) is 5.82 Å². The molecule has 0 aliphatic carbocycles. The van der Waals surface area contributed by atoms with Gasteiger partial charge in [-0.05, 0) is 37.1 Å². The zero-order valence-electron chi connectivity index (χ0n) is 13.8.